The number of para-hydroxylation sites is 1. The molecule has 0 bridgehead atoms. The second-order valence-corrected chi connectivity index (χ2v) is 5.48. The molecule has 3 rings (SSSR count). The van der Waals surface area contributed by atoms with E-state index in [4.69, 9.17) is 0 Å². The van der Waals surface area contributed by atoms with E-state index in [1.165, 1.54) is 10.9 Å². The Labute approximate surface area is 134 Å². The van der Waals surface area contributed by atoms with Crippen LogP contribution in [0, 0.1) is 12.8 Å². The molecule has 0 radical (unpaired) electrons. The van der Waals surface area contributed by atoms with Crippen molar-refractivity contribution in [3.8, 4) is 0 Å². The minimum atomic E-state index is -0.177. The first-order valence-corrected chi connectivity index (χ1v) is 7.07. The van der Waals surface area contributed by atoms with Gasteiger partial charge in [0.05, 0.1) is 17.2 Å². The van der Waals surface area contributed by atoms with Crippen LogP contribution >= 0.6 is 12.4 Å². The molecule has 22 heavy (non-hydrogen) atoms. The Balaban J connectivity index is 0.00000176. The summed E-state index contributed by atoms with van der Waals surface area (Å²) in [5.74, 6) is 0.348. The third-order valence-corrected chi connectivity index (χ3v) is 3.82. The van der Waals surface area contributed by atoms with Gasteiger partial charge in [-0.25, -0.2) is 4.98 Å². The number of fused-ring (bicyclic) bond motifs is 1. The number of aromatic nitrogens is 2. The molecule has 0 saturated carbocycles. The minimum Gasteiger partial charge on any atom is -0.354 e. The van der Waals surface area contributed by atoms with Gasteiger partial charge in [-0.05, 0) is 18.6 Å². The number of nitrogens with one attached hydrogen (secondary N) is 2. The first kappa shape index (κ1) is 16.5. The molecule has 1 aliphatic heterocycles. The lowest BCUT2D eigenvalue weighted by Crippen LogP contribution is -2.48. The van der Waals surface area contributed by atoms with Crippen molar-refractivity contribution in [2.45, 2.75) is 13.5 Å². The molecule has 0 unspecified atom stereocenters. The van der Waals surface area contributed by atoms with Crippen LogP contribution in [-0.4, -0.2) is 35.1 Å². The van der Waals surface area contributed by atoms with E-state index < -0.39 is 0 Å². The summed E-state index contributed by atoms with van der Waals surface area (Å²) in [5, 5.41) is 6.56. The van der Waals surface area contributed by atoms with Crippen molar-refractivity contribution in [2.24, 2.45) is 5.92 Å². The highest BCUT2D eigenvalue weighted by molar-refractivity contribution is 5.85. The second-order valence-electron chi connectivity index (χ2n) is 5.48. The average Bonchev–Trinajstić information content (AvgIpc) is 2.41. The van der Waals surface area contributed by atoms with E-state index >= 15 is 0 Å². The standard InChI is InChI=1S/C15H18N4O2.ClH/c1-10-3-2-4-12-14(10)18-9-19(15(12)21)8-13(20)17-7-11-5-16-6-11;/h2-4,9,11,16H,5-8H2,1H3,(H,17,20);1H. The van der Waals surface area contributed by atoms with E-state index in [0.29, 0.717) is 23.4 Å². The van der Waals surface area contributed by atoms with Gasteiger partial charge in [0.15, 0.2) is 0 Å². The van der Waals surface area contributed by atoms with Gasteiger partial charge in [-0.3, -0.25) is 14.2 Å². The monoisotopic (exact) mass is 322 g/mol. The number of carbonyl (C=O) groups excluding carboxylic acids is 1. The summed E-state index contributed by atoms with van der Waals surface area (Å²) < 4.78 is 1.36. The molecular formula is C15H19ClN4O2. The Morgan fingerprint density at radius 3 is 2.91 bits per heavy atom. The Morgan fingerprint density at radius 2 is 2.23 bits per heavy atom. The highest BCUT2D eigenvalue weighted by Gasteiger charge is 2.17. The van der Waals surface area contributed by atoms with E-state index in [2.05, 4.69) is 15.6 Å². The molecule has 1 aromatic carbocycles. The number of nitrogens with zero attached hydrogens (tertiary/aromatic N) is 2. The van der Waals surface area contributed by atoms with Gasteiger partial charge in [-0.2, -0.15) is 0 Å². The molecule has 1 aromatic heterocycles. The summed E-state index contributed by atoms with van der Waals surface area (Å²) in [4.78, 5) is 28.5. The Kier molecular flexibility index (Phi) is 5.15. The van der Waals surface area contributed by atoms with Gasteiger partial charge in [0, 0.05) is 25.6 Å². The fourth-order valence-corrected chi connectivity index (χ4v) is 2.41. The van der Waals surface area contributed by atoms with Gasteiger partial charge in [0.25, 0.3) is 5.56 Å². The van der Waals surface area contributed by atoms with Crippen molar-refractivity contribution in [3.63, 3.8) is 0 Å². The van der Waals surface area contributed by atoms with Crippen molar-refractivity contribution in [3.05, 3.63) is 40.4 Å². The molecule has 2 heterocycles. The maximum absolute atomic E-state index is 12.4. The predicted octanol–water partition coefficient (Wildman–Crippen LogP) is 0.462. The van der Waals surface area contributed by atoms with E-state index in [1.54, 1.807) is 6.07 Å². The number of aryl methyl sites for hydroxylation is 1. The quantitative estimate of drug-likeness (QED) is 0.857. The van der Waals surface area contributed by atoms with Crippen LogP contribution < -0.4 is 16.2 Å². The topological polar surface area (TPSA) is 76.0 Å². The summed E-state index contributed by atoms with van der Waals surface area (Å²) in [6.45, 7) is 4.46. The maximum atomic E-state index is 12.4. The van der Waals surface area contributed by atoms with Crippen LogP contribution in [0.2, 0.25) is 0 Å². The van der Waals surface area contributed by atoms with E-state index in [0.717, 1.165) is 18.7 Å². The maximum Gasteiger partial charge on any atom is 0.261 e. The van der Waals surface area contributed by atoms with Gasteiger partial charge in [0.1, 0.15) is 6.54 Å². The Morgan fingerprint density at radius 1 is 1.45 bits per heavy atom. The van der Waals surface area contributed by atoms with Gasteiger partial charge >= 0.3 is 0 Å². The van der Waals surface area contributed by atoms with Crippen LogP contribution in [0.5, 0.6) is 0 Å². The predicted molar refractivity (Wildman–Crippen MR) is 87.4 cm³/mol. The fraction of sp³-hybridized carbons (Fsp3) is 0.400. The molecule has 0 atom stereocenters. The smallest absolute Gasteiger partial charge is 0.261 e. The summed E-state index contributed by atoms with van der Waals surface area (Å²) in [6, 6.07) is 5.49. The molecule has 2 N–H and O–H groups in total. The van der Waals surface area contributed by atoms with Crippen molar-refractivity contribution in [1.82, 2.24) is 20.2 Å². The molecule has 1 fully saturated rings. The van der Waals surface area contributed by atoms with Gasteiger partial charge in [-0.15, -0.1) is 12.4 Å². The Bertz CT molecular complexity index is 740. The zero-order chi connectivity index (χ0) is 14.8. The van der Waals surface area contributed by atoms with Crippen molar-refractivity contribution >= 4 is 29.2 Å². The lowest BCUT2D eigenvalue weighted by Gasteiger charge is -2.27. The third kappa shape index (κ3) is 3.28. The first-order valence-electron chi connectivity index (χ1n) is 7.07. The van der Waals surface area contributed by atoms with E-state index in [9.17, 15) is 9.59 Å². The highest BCUT2D eigenvalue weighted by atomic mass is 35.5. The SMILES string of the molecule is Cc1cccc2c(=O)n(CC(=O)NCC3CNC3)cnc12.Cl. The molecular weight excluding hydrogens is 304 g/mol. The average molecular weight is 323 g/mol. The number of hydrogen-bond donors (Lipinski definition) is 2. The van der Waals surface area contributed by atoms with Gasteiger partial charge in [0.2, 0.25) is 5.91 Å². The summed E-state index contributed by atoms with van der Waals surface area (Å²) in [7, 11) is 0. The van der Waals surface area contributed by atoms with Crippen molar-refractivity contribution in [1.29, 1.82) is 0 Å². The number of hydrogen-bond acceptors (Lipinski definition) is 4. The minimum absolute atomic E-state index is 0. The van der Waals surface area contributed by atoms with Crippen LogP contribution in [0.25, 0.3) is 10.9 Å². The molecule has 0 spiro atoms. The largest absolute Gasteiger partial charge is 0.354 e. The van der Waals surface area contributed by atoms with Crippen LogP contribution in [0.4, 0.5) is 0 Å². The molecule has 7 heteroatoms. The van der Waals surface area contributed by atoms with Crippen molar-refractivity contribution < 1.29 is 4.79 Å². The number of halogens is 1. The molecule has 6 nitrogen and oxygen atoms in total. The Hall–Kier alpha value is -1.92. The van der Waals surface area contributed by atoms with Crippen LogP contribution in [-0.2, 0) is 11.3 Å². The lowest BCUT2D eigenvalue weighted by molar-refractivity contribution is -0.122. The molecule has 2 aromatic rings. The van der Waals surface area contributed by atoms with E-state index in [1.807, 2.05) is 19.1 Å². The molecule has 1 saturated heterocycles. The normalized spacial score (nSPS) is 14.2. The number of benzene rings is 1. The number of rotatable bonds is 4. The number of carbonyl (C=O) groups is 1. The number of amides is 1. The second kappa shape index (κ2) is 6.89. The van der Waals surface area contributed by atoms with Crippen LogP contribution in [0.15, 0.2) is 29.3 Å². The lowest BCUT2D eigenvalue weighted by atomic mass is 10.0. The zero-order valence-electron chi connectivity index (χ0n) is 12.3. The zero-order valence-corrected chi connectivity index (χ0v) is 13.2. The first-order chi connectivity index (χ1) is 10.1. The van der Waals surface area contributed by atoms with Crippen molar-refractivity contribution in [2.75, 3.05) is 19.6 Å². The third-order valence-electron chi connectivity index (χ3n) is 3.82. The van der Waals surface area contributed by atoms with E-state index in [-0.39, 0.29) is 30.4 Å². The molecule has 1 aliphatic rings. The molecule has 118 valence electrons. The van der Waals surface area contributed by atoms with Gasteiger partial charge < -0.3 is 10.6 Å². The summed E-state index contributed by atoms with van der Waals surface area (Å²) >= 11 is 0. The van der Waals surface area contributed by atoms with Gasteiger partial charge in [-0.1, -0.05) is 12.1 Å². The highest BCUT2D eigenvalue weighted by Crippen LogP contribution is 2.11. The molecule has 0 aliphatic carbocycles. The summed E-state index contributed by atoms with van der Waals surface area (Å²) in [5.41, 5.74) is 1.47. The summed E-state index contributed by atoms with van der Waals surface area (Å²) in [6.07, 6.45) is 1.45. The van der Waals surface area contributed by atoms with Crippen LogP contribution in [0.1, 0.15) is 5.56 Å². The molecule has 1 amide bonds. The van der Waals surface area contributed by atoms with Crippen LogP contribution in [0.3, 0.4) is 0 Å². The fourth-order valence-electron chi connectivity index (χ4n) is 2.41.